The van der Waals surface area contributed by atoms with Crippen LogP contribution in [-0.4, -0.2) is 45.0 Å². The van der Waals surface area contributed by atoms with E-state index in [4.69, 9.17) is 15.2 Å². The summed E-state index contributed by atoms with van der Waals surface area (Å²) in [5, 5.41) is 3.21. The molecule has 132 valence electrons. The molecule has 24 heavy (non-hydrogen) atoms. The molecule has 0 radical (unpaired) electrons. The van der Waals surface area contributed by atoms with E-state index < -0.39 is 0 Å². The maximum atomic E-state index is 6.07. The van der Waals surface area contributed by atoms with Crippen molar-refractivity contribution in [1.29, 1.82) is 0 Å². The molecule has 0 saturated carbocycles. The molecule has 0 aromatic heterocycles. The van der Waals surface area contributed by atoms with Crippen LogP contribution in [0.3, 0.4) is 0 Å². The molecule has 0 bridgehead atoms. The van der Waals surface area contributed by atoms with Crippen LogP contribution in [0, 0.1) is 0 Å². The van der Waals surface area contributed by atoms with Gasteiger partial charge < -0.3 is 20.5 Å². The largest absolute Gasteiger partial charge is 0.381 e. The molecule has 3 rings (SSSR count). The molecule has 1 atom stereocenters. The Hall–Kier alpha value is -1.11. The fourth-order valence-electron chi connectivity index (χ4n) is 3.42. The van der Waals surface area contributed by atoms with Gasteiger partial charge in [0.15, 0.2) is 5.96 Å². The highest BCUT2D eigenvalue weighted by Gasteiger charge is 2.34. The van der Waals surface area contributed by atoms with Gasteiger partial charge in [-0.25, -0.2) is 0 Å². The number of guanidine groups is 1. The van der Waals surface area contributed by atoms with E-state index in [0.29, 0.717) is 12.5 Å². The lowest BCUT2D eigenvalue weighted by molar-refractivity contribution is 0.0531. The summed E-state index contributed by atoms with van der Waals surface area (Å²) < 4.78 is 12.3. The van der Waals surface area contributed by atoms with Crippen molar-refractivity contribution in [3.63, 3.8) is 0 Å². The molecule has 6 heteroatoms. The van der Waals surface area contributed by atoms with Gasteiger partial charge >= 0.3 is 0 Å². The molecule has 5 nitrogen and oxygen atoms in total. The van der Waals surface area contributed by atoms with Gasteiger partial charge in [0.05, 0.1) is 12.6 Å². The first kappa shape index (κ1) is 17.7. The number of hydrogen-bond acceptors (Lipinski definition) is 3. The predicted octanol–water partition coefficient (Wildman–Crippen LogP) is 2.58. The maximum Gasteiger partial charge on any atom is 0.188 e. The molecule has 2 fully saturated rings. The SMILES string of the molecule is NC(=NCC1(c2ccc(Br)cc2)CCOCC1)NCC1CCCO1. The first-order valence-corrected chi connectivity index (χ1v) is 9.46. The molecule has 2 aliphatic heterocycles. The predicted molar refractivity (Wildman–Crippen MR) is 99.3 cm³/mol. The third-order valence-electron chi connectivity index (χ3n) is 4.99. The Labute approximate surface area is 152 Å². The number of rotatable bonds is 5. The monoisotopic (exact) mass is 395 g/mol. The number of benzene rings is 1. The van der Waals surface area contributed by atoms with Crippen molar-refractivity contribution in [2.75, 3.05) is 32.9 Å². The minimum absolute atomic E-state index is 0.00904. The molecule has 2 heterocycles. The van der Waals surface area contributed by atoms with E-state index in [9.17, 15) is 0 Å². The van der Waals surface area contributed by atoms with Crippen molar-refractivity contribution in [3.8, 4) is 0 Å². The van der Waals surface area contributed by atoms with E-state index in [-0.39, 0.29) is 11.5 Å². The van der Waals surface area contributed by atoms with E-state index in [1.165, 1.54) is 5.56 Å². The van der Waals surface area contributed by atoms with Crippen molar-refractivity contribution < 1.29 is 9.47 Å². The van der Waals surface area contributed by atoms with Gasteiger partial charge in [0.25, 0.3) is 0 Å². The van der Waals surface area contributed by atoms with Gasteiger partial charge in [-0.1, -0.05) is 28.1 Å². The quantitative estimate of drug-likeness (QED) is 0.593. The highest BCUT2D eigenvalue weighted by atomic mass is 79.9. The van der Waals surface area contributed by atoms with Crippen LogP contribution in [0.15, 0.2) is 33.7 Å². The number of halogens is 1. The number of aliphatic imine (C=N–C) groups is 1. The first-order chi connectivity index (χ1) is 11.7. The summed E-state index contributed by atoms with van der Waals surface area (Å²) in [5.74, 6) is 0.508. The zero-order valence-electron chi connectivity index (χ0n) is 14.0. The van der Waals surface area contributed by atoms with Crippen LogP contribution in [0.2, 0.25) is 0 Å². The van der Waals surface area contributed by atoms with Gasteiger partial charge in [-0.15, -0.1) is 0 Å². The van der Waals surface area contributed by atoms with E-state index in [0.717, 1.165) is 56.5 Å². The van der Waals surface area contributed by atoms with Gasteiger partial charge in [-0.3, -0.25) is 4.99 Å². The van der Waals surface area contributed by atoms with Crippen LogP contribution in [-0.2, 0) is 14.9 Å². The molecular formula is C18H26BrN3O2. The molecule has 0 aliphatic carbocycles. The fraction of sp³-hybridized carbons (Fsp3) is 0.611. The zero-order valence-corrected chi connectivity index (χ0v) is 15.6. The lowest BCUT2D eigenvalue weighted by atomic mass is 9.74. The summed E-state index contributed by atoms with van der Waals surface area (Å²) in [7, 11) is 0. The topological polar surface area (TPSA) is 68.9 Å². The standard InChI is InChI=1S/C18H26BrN3O2/c19-15-5-3-14(4-6-15)18(7-10-23-11-8-18)13-22-17(20)21-12-16-2-1-9-24-16/h3-6,16H,1-2,7-13H2,(H3,20,21,22). The maximum absolute atomic E-state index is 6.07. The van der Waals surface area contributed by atoms with Crippen LogP contribution in [0.5, 0.6) is 0 Å². The summed E-state index contributed by atoms with van der Waals surface area (Å²) in [6, 6.07) is 8.55. The van der Waals surface area contributed by atoms with Crippen LogP contribution in [0.4, 0.5) is 0 Å². The van der Waals surface area contributed by atoms with Crippen LogP contribution in [0.1, 0.15) is 31.2 Å². The molecule has 1 unspecified atom stereocenters. The Kier molecular flexibility index (Phi) is 6.14. The summed E-state index contributed by atoms with van der Waals surface area (Å²) in [6.45, 7) is 3.83. The lowest BCUT2D eigenvalue weighted by Gasteiger charge is -2.36. The van der Waals surface area contributed by atoms with Crippen molar-refractivity contribution >= 4 is 21.9 Å². The normalized spacial score (nSPS) is 24.0. The zero-order chi connectivity index (χ0) is 16.8. The summed E-state index contributed by atoms with van der Waals surface area (Å²) in [4.78, 5) is 4.64. The van der Waals surface area contributed by atoms with Crippen molar-refractivity contribution in [2.45, 2.75) is 37.2 Å². The highest BCUT2D eigenvalue weighted by molar-refractivity contribution is 9.10. The number of nitrogens with two attached hydrogens (primary N) is 1. The van der Waals surface area contributed by atoms with E-state index in [2.05, 4.69) is 50.5 Å². The van der Waals surface area contributed by atoms with Crippen molar-refractivity contribution in [1.82, 2.24) is 5.32 Å². The van der Waals surface area contributed by atoms with Gasteiger partial charge in [-0.2, -0.15) is 0 Å². The molecule has 2 saturated heterocycles. The molecule has 0 spiro atoms. The van der Waals surface area contributed by atoms with Gasteiger partial charge in [0.2, 0.25) is 0 Å². The Morgan fingerprint density at radius 3 is 2.67 bits per heavy atom. The van der Waals surface area contributed by atoms with Gasteiger partial charge in [0.1, 0.15) is 0 Å². The smallest absolute Gasteiger partial charge is 0.188 e. The van der Waals surface area contributed by atoms with Crippen molar-refractivity contribution in [3.05, 3.63) is 34.3 Å². The average molecular weight is 396 g/mol. The Morgan fingerprint density at radius 2 is 2.00 bits per heavy atom. The van der Waals surface area contributed by atoms with Gasteiger partial charge in [0, 0.05) is 36.3 Å². The third-order valence-corrected chi connectivity index (χ3v) is 5.52. The Morgan fingerprint density at radius 1 is 1.25 bits per heavy atom. The van der Waals surface area contributed by atoms with Crippen LogP contribution in [0.25, 0.3) is 0 Å². The summed E-state index contributed by atoms with van der Waals surface area (Å²) >= 11 is 3.51. The third kappa shape index (κ3) is 4.49. The minimum Gasteiger partial charge on any atom is -0.381 e. The number of nitrogens with one attached hydrogen (secondary N) is 1. The van der Waals surface area contributed by atoms with E-state index in [1.807, 2.05) is 0 Å². The second-order valence-corrected chi connectivity index (χ2v) is 7.53. The average Bonchev–Trinajstić information content (AvgIpc) is 3.13. The molecular weight excluding hydrogens is 370 g/mol. The fourth-order valence-corrected chi connectivity index (χ4v) is 3.68. The van der Waals surface area contributed by atoms with Crippen LogP contribution >= 0.6 is 15.9 Å². The van der Waals surface area contributed by atoms with Crippen LogP contribution < -0.4 is 11.1 Å². The van der Waals surface area contributed by atoms with E-state index in [1.54, 1.807) is 0 Å². The molecule has 1 aromatic rings. The van der Waals surface area contributed by atoms with E-state index >= 15 is 0 Å². The molecule has 3 N–H and O–H groups in total. The first-order valence-electron chi connectivity index (χ1n) is 8.67. The molecule has 2 aliphatic rings. The summed E-state index contributed by atoms with van der Waals surface area (Å²) in [6.07, 6.45) is 4.44. The van der Waals surface area contributed by atoms with Crippen molar-refractivity contribution in [2.24, 2.45) is 10.7 Å². The van der Waals surface area contributed by atoms with Gasteiger partial charge in [-0.05, 0) is 43.4 Å². The number of nitrogens with zero attached hydrogens (tertiary/aromatic N) is 1. The number of hydrogen-bond donors (Lipinski definition) is 2. The molecule has 1 aromatic carbocycles. The molecule has 0 amide bonds. The minimum atomic E-state index is 0.00904. The second-order valence-electron chi connectivity index (χ2n) is 6.62. The highest BCUT2D eigenvalue weighted by Crippen LogP contribution is 2.35. The number of ether oxygens (including phenoxy) is 2. The Balaban J connectivity index is 1.65. The summed E-state index contributed by atoms with van der Waals surface area (Å²) in [5.41, 5.74) is 7.39. The second kappa shape index (κ2) is 8.32. The Bertz CT molecular complexity index is 550. The lowest BCUT2D eigenvalue weighted by Crippen LogP contribution is -2.41.